The first-order valence-corrected chi connectivity index (χ1v) is 7.69. The van der Waals surface area contributed by atoms with Crippen molar-refractivity contribution in [1.29, 1.82) is 0 Å². The van der Waals surface area contributed by atoms with E-state index in [1.165, 1.54) is 4.90 Å². The van der Waals surface area contributed by atoms with E-state index in [1.807, 2.05) is 17.0 Å². The van der Waals surface area contributed by atoms with Crippen molar-refractivity contribution in [2.24, 2.45) is 5.41 Å². The highest BCUT2D eigenvalue weighted by Gasteiger charge is 2.39. The van der Waals surface area contributed by atoms with E-state index in [4.69, 9.17) is 0 Å². The van der Waals surface area contributed by atoms with Gasteiger partial charge in [-0.15, -0.1) is 0 Å². The summed E-state index contributed by atoms with van der Waals surface area (Å²) in [6.45, 7) is 5.19. The smallest absolute Gasteiger partial charge is 0.450 e. The van der Waals surface area contributed by atoms with E-state index in [0.717, 1.165) is 11.8 Å². The summed E-state index contributed by atoms with van der Waals surface area (Å²) in [5.74, 6) is -0.855. The van der Waals surface area contributed by atoms with Crippen molar-refractivity contribution in [3.63, 3.8) is 0 Å². The predicted molar refractivity (Wildman–Crippen MR) is 82.8 cm³/mol. The third-order valence-corrected chi connectivity index (χ3v) is 4.15. The van der Waals surface area contributed by atoms with Crippen molar-refractivity contribution >= 4 is 11.6 Å². The van der Waals surface area contributed by atoms with Crippen LogP contribution in [0.15, 0.2) is 36.2 Å². The minimum Gasteiger partial charge on any atom is -0.466 e. The van der Waals surface area contributed by atoms with Crippen LogP contribution in [0.4, 0.5) is 18.9 Å². The number of carbonyl (C=O) groups excluding carboxylic acids is 1. The molecular formula is C17H19F3N2O2. The van der Waals surface area contributed by atoms with Crippen LogP contribution in [0.5, 0.6) is 0 Å². The second-order valence-corrected chi connectivity index (χ2v) is 6.99. The Balaban J connectivity index is 1.67. The van der Waals surface area contributed by atoms with Crippen molar-refractivity contribution in [1.82, 2.24) is 4.90 Å². The maximum atomic E-state index is 12.6. The van der Waals surface area contributed by atoms with Crippen LogP contribution < -0.4 is 4.90 Å². The number of hydrogen-bond donors (Lipinski definition) is 0. The van der Waals surface area contributed by atoms with Gasteiger partial charge in [-0.25, -0.2) is 0 Å². The number of amides is 1. The number of allylic oxidation sites excluding steroid dienone is 1. The average Bonchev–Trinajstić information content (AvgIpc) is 3.04. The molecule has 1 fully saturated rings. The molecule has 0 radical (unpaired) electrons. The number of anilines is 1. The summed E-state index contributed by atoms with van der Waals surface area (Å²) in [5.41, 5.74) is 1.55. The Labute approximate surface area is 138 Å². The fourth-order valence-electron chi connectivity index (χ4n) is 3.00. The molecule has 1 aromatic carbocycles. The molecule has 1 aromatic rings. The topological polar surface area (TPSA) is 32.8 Å². The summed E-state index contributed by atoms with van der Waals surface area (Å²) in [7, 11) is 0. The van der Waals surface area contributed by atoms with E-state index in [2.05, 4.69) is 18.6 Å². The molecule has 0 unspecified atom stereocenters. The highest BCUT2D eigenvalue weighted by molar-refractivity contribution is 5.79. The summed E-state index contributed by atoms with van der Waals surface area (Å²) in [6.07, 6.45) is -2.97. The van der Waals surface area contributed by atoms with Crippen LogP contribution in [0.1, 0.15) is 25.8 Å². The molecule has 24 heavy (non-hydrogen) atoms. The number of ether oxygens (including phenoxy) is 1. The summed E-state index contributed by atoms with van der Waals surface area (Å²) in [5, 5.41) is 0. The normalized spacial score (nSPS) is 20.4. The van der Waals surface area contributed by atoms with Gasteiger partial charge >= 0.3 is 6.18 Å². The molecule has 7 heteroatoms. The quantitative estimate of drug-likeness (QED) is 0.842. The maximum Gasteiger partial charge on any atom is 0.450 e. The number of nitrogens with zero attached hydrogens (tertiary/aromatic N) is 2. The van der Waals surface area contributed by atoms with Crippen LogP contribution in [0, 0.1) is 5.41 Å². The molecule has 4 nitrogen and oxygen atoms in total. The predicted octanol–water partition coefficient (Wildman–Crippen LogP) is 3.64. The van der Waals surface area contributed by atoms with Gasteiger partial charge in [0, 0.05) is 25.2 Å². The standard InChI is InChI=1S/C17H19F3N2O2/c1-16(2)7-15(23)21(10-16)8-12-3-5-13(6-4-12)22-9-14(24-11-22)17(18,19)20/h3-6,9H,7-8,10-11H2,1-2H3. The number of benzene rings is 1. The number of hydrogen-bond acceptors (Lipinski definition) is 3. The van der Waals surface area contributed by atoms with Crippen molar-refractivity contribution in [3.05, 3.63) is 41.8 Å². The first-order valence-electron chi connectivity index (χ1n) is 7.69. The first kappa shape index (κ1) is 16.7. The fraction of sp³-hybridized carbons (Fsp3) is 0.471. The second-order valence-electron chi connectivity index (χ2n) is 6.99. The van der Waals surface area contributed by atoms with Crippen LogP contribution in [0.25, 0.3) is 0 Å². The molecule has 0 saturated carbocycles. The van der Waals surface area contributed by atoms with E-state index >= 15 is 0 Å². The lowest BCUT2D eigenvalue weighted by Crippen LogP contribution is -2.25. The number of carbonyl (C=O) groups is 1. The van der Waals surface area contributed by atoms with E-state index < -0.39 is 11.9 Å². The van der Waals surface area contributed by atoms with Crippen molar-refractivity contribution in [2.75, 3.05) is 18.2 Å². The van der Waals surface area contributed by atoms with Gasteiger partial charge < -0.3 is 14.5 Å². The molecule has 2 heterocycles. The molecule has 1 amide bonds. The van der Waals surface area contributed by atoms with Gasteiger partial charge in [0.25, 0.3) is 0 Å². The lowest BCUT2D eigenvalue weighted by atomic mass is 9.93. The van der Waals surface area contributed by atoms with E-state index in [0.29, 0.717) is 25.2 Å². The Hall–Kier alpha value is -2.18. The summed E-state index contributed by atoms with van der Waals surface area (Å²) < 4.78 is 42.4. The molecule has 0 atom stereocenters. The van der Waals surface area contributed by atoms with Gasteiger partial charge in [-0.05, 0) is 23.1 Å². The molecule has 2 aliphatic rings. The third-order valence-electron chi connectivity index (χ3n) is 4.15. The minimum absolute atomic E-state index is 0.0112. The summed E-state index contributed by atoms with van der Waals surface area (Å²) in [6, 6.07) is 7.13. The van der Waals surface area contributed by atoms with E-state index in [-0.39, 0.29) is 18.1 Å². The van der Waals surface area contributed by atoms with Gasteiger partial charge in [0.2, 0.25) is 11.7 Å². The molecule has 0 bridgehead atoms. The molecule has 1 saturated heterocycles. The molecule has 0 aromatic heterocycles. The zero-order chi connectivity index (χ0) is 17.5. The third kappa shape index (κ3) is 3.49. The van der Waals surface area contributed by atoms with Crippen LogP contribution in [0.3, 0.4) is 0 Å². The monoisotopic (exact) mass is 340 g/mol. The van der Waals surface area contributed by atoms with Crippen LogP contribution in [-0.2, 0) is 16.1 Å². The summed E-state index contributed by atoms with van der Waals surface area (Å²) >= 11 is 0. The fourth-order valence-corrected chi connectivity index (χ4v) is 3.00. The number of rotatable bonds is 3. The Morgan fingerprint density at radius 2 is 1.88 bits per heavy atom. The van der Waals surface area contributed by atoms with Gasteiger partial charge in [-0.3, -0.25) is 4.79 Å². The molecule has 0 aliphatic carbocycles. The second kappa shape index (κ2) is 5.72. The van der Waals surface area contributed by atoms with Gasteiger partial charge in [-0.2, -0.15) is 13.2 Å². The van der Waals surface area contributed by atoms with Crippen molar-refractivity contribution < 1.29 is 22.7 Å². The average molecular weight is 340 g/mol. The SMILES string of the molecule is CC1(C)CC(=O)N(Cc2ccc(N3C=C(C(F)(F)F)OC3)cc2)C1. The Morgan fingerprint density at radius 1 is 1.21 bits per heavy atom. The molecule has 2 aliphatic heterocycles. The van der Waals surface area contributed by atoms with Gasteiger partial charge in [-0.1, -0.05) is 26.0 Å². The zero-order valence-electron chi connectivity index (χ0n) is 13.6. The lowest BCUT2D eigenvalue weighted by Gasteiger charge is -2.20. The molecule has 130 valence electrons. The van der Waals surface area contributed by atoms with E-state index in [9.17, 15) is 18.0 Å². The highest BCUT2D eigenvalue weighted by Crippen LogP contribution is 2.33. The number of likely N-dealkylation sites (tertiary alicyclic amines) is 1. The Morgan fingerprint density at radius 3 is 2.38 bits per heavy atom. The molecular weight excluding hydrogens is 321 g/mol. The minimum atomic E-state index is -4.47. The zero-order valence-corrected chi connectivity index (χ0v) is 13.6. The number of alkyl halides is 3. The van der Waals surface area contributed by atoms with Gasteiger partial charge in [0.05, 0.1) is 6.20 Å². The van der Waals surface area contributed by atoms with Crippen LogP contribution in [-0.4, -0.2) is 30.3 Å². The lowest BCUT2D eigenvalue weighted by molar-refractivity contribution is -0.128. The van der Waals surface area contributed by atoms with Gasteiger partial charge in [0.1, 0.15) is 0 Å². The highest BCUT2D eigenvalue weighted by atomic mass is 19.4. The largest absolute Gasteiger partial charge is 0.466 e. The number of halogens is 3. The van der Waals surface area contributed by atoms with Crippen LogP contribution >= 0.6 is 0 Å². The first-order chi connectivity index (χ1) is 11.1. The summed E-state index contributed by atoms with van der Waals surface area (Å²) in [4.78, 5) is 15.2. The molecule has 3 rings (SSSR count). The maximum absolute atomic E-state index is 12.6. The van der Waals surface area contributed by atoms with E-state index in [1.54, 1.807) is 12.1 Å². The van der Waals surface area contributed by atoms with Crippen molar-refractivity contribution in [3.8, 4) is 0 Å². The van der Waals surface area contributed by atoms with Gasteiger partial charge in [0.15, 0.2) is 6.73 Å². The molecule has 0 N–H and O–H groups in total. The Bertz CT molecular complexity index is 665. The van der Waals surface area contributed by atoms with Crippen LogP contribution in [0.2, 0.25) is 0 Å². The van der Waals surface area contributed by atoms with Crippen molar-refractivity contribution in [2.45, 2.75) is 33.0 Å². The molecule has 0 spiro atoms. The Kier molecular flexibility index (Phi) is 3.97.